The number of hydrogen-bond acceptors (Lipinski definition) is 5. The van der Waals surface area contributed by atoms with Gasteiger partial charge in [0.15, 0.2) is 16.7 Å². The minimum atomic E-state index is -0.209. The highest BCUT2D eigenvalue weighted by Gasteiger charge is 2.24. The first-order valence-electron chi connectivity index (χ1n) is 12.0. The molecule has 1 heterocycles. The molecule has 0 atom stereocenters. The van der Waals surface area contributed by atoms with Gasteiger partial charge in [-0.3, -0.25) is 4.79 Å². The van der Waals surface area contributed by atoms with Crippen molar-refractivity contribution in [2.45, 2.75) is 20.5 Å². The summed E-state index contributed by atoms with van der Waals surface area (Å²) >= 11 is 11.1. The fourth-order valence-electron chi connectivity index (χ4n) is 4.02. The van der Waals surface area contributed by atoms with E-state index in [4.69, 9.17) is 21.1 Å². The van der Waals surface area contributed by atoms with Gasteiger partial charge >= 0.3 is 0 Å². The van der Waals surface area contributed by atoms with Crippen LogP contribution < -0.4 is 14.8 Å². The Labute approximate surface area is 239 Å². The van der Waals surface area contributed by atoms with Crippen molar-refractivity contribution >= 4 is 72.9 Å². The van der Waals surface area contributed by atoms with Crippen LogP contribution in [0.25, 0.3) is 16.8 Å². The minimum absolute atomic E-state index is 0.209. The van der Waals surface area contributed by atoms with Crippen LogP contribution in [0.5, 0.6) is 11.5 Å². The number of hydrogen-bond donors (Lipinski definition) is 1. The van der Waals surface area contributed by atoms with Gasteiger partial charge in [-0.05, 0) is 105 Å². The van der Waals surface area contributed by atoms with Gasteiger partial charge in [0, 0.05) is 5.02 Å². The van der Waals surface area contributed by atoms with Gasteiger partial charge in [0.25, 0.3) is 5.91 Å². The topological polar surface area (TPSA) is 59.9 Å². The largest absolute Gasteiger partial charge is 0.490 e. The molecular weight excluding hydrogens is 584 g/mol. The van der Waals surface area contributed by atoms with E-state index in [1.165, 1.54) is 22.5 Å². The maximum Gasteiger partial charge on any atom is 0.264 e. The smallest absolute Gasteiger partial charge is 0.264 e. The Morgan fingerprint density at radius 1 is 1.03 bits per heavy atom. The summed E-state index contributed by atoms with van der Waals surface area (Å²) in [6.07, 6.45) is 1.81. The fraction of sp³-hybridized carbons (Fsp3) is 0.133. The quantitative estimate of drug-likeness (QED) is 0.214. The van der Waals surface area contributed by atoms with Crippen LogP contribution in [0.1, 0.15) is 23.6 Å². The van der Waals surface area contributed by atoms with Gasteiger partial charge < -0.3 is 14.8 Å². The summed E-state index contributed by atoms with van der Waals surface area (Å²) in [4.78, 5) is 17.8. The Bertz CT molecular complexity index is 1600. The zero-order valence-corrected chi connectivity index (χ0v) is 23.9. The molecule has 192 valence electrons. The van der Waals surface area contributed by atoms with Crippen molar-refractivity contribution in [1.82, 2.24) is 5.32 Å². The molecular formula is C30H24BrClN2O3S. The van der Waals surface area contributed by atoms with Crippen LogP contribution in [0.3, 0.4) is 0 Å². The normalized spacial score (nSPS) is 15.3. The van der Waals surface area contributed by atoms with Crippen molar-refractivity contribution in [3.63, 3.8) is 0 Å². The monoisotopic (exact) mass is 606 g/mol. The zero-order valence-electron chi connectivity index (χ0n) is 20.8. The molecule has 1 N–H and O–H groups in total. The molecule has 4 aromatic rings. The number of amidine groups is 1. The molecule has 0 radical (unpaired) electrons. The molecule has 0 spiro atoms. The Kier molecular flexibility index (Phi) is 8.07. The van der Waals surface area contributed by atoms with Crippen LogP contribution in [0.15, 0.2) is 87.2 Å². The number of amides is 1. The molecule has 1 aliphatic rings. The number of carbonyl (C=O) groups is 1. The van der Waals surface area contributed by atoms with Crippen LogP contribution in [0, 0.1) is 6.92 Å². The second-order valence-corrected chi connectivity index (χ2v) is 10.9. The van der Waals surface area contributed by atoms with Gasteiger partial charge in [-0.15, -0.1) is 0 Å². The van der Waals surface area contributed by atoms with E-state index in [1.807, 2.05) is 62.4 Å². The van der Waals surface area contributed by atoms with Gasteiger partial charge in [0.2, 0.25) is 0 Å². The molecule has 1 amide bonds. The third kappa shape index (κ3) is 5.90. The highest BCUT2D eigenvalue weighted by molar-refractivity contribution is 9.10. The van der Waals surface area contributed by atoms with Gasteiger partial charge in [0.05, 0.1) is 21.7 Å². The summed E-state index contributed by atoms with van der Waals surface area (Å²) in [7, 11) is 0. The van der Waals surface area contributed by atoms with Crippen LogP contribution >= 0.6 is 39.3 Å². The number of rotatable bonds is 7. The van der Waals surface area contributed by atoms with Gasteiger partial charge in [0.1, 0.15) is 6.61 Å². The van der Waals surface area contributed by atoms with Crippen molar-refractivity contribution in [2.24, 2.45) is 4.99 Å². The number of halogens is 2. The first-order chi connectivity index (χ1) is 18.4. The lowest BCUT2D eigenvalue weighted by Crippen LogP contribution is -2.19. The van der Waals surface area contributed by atoms with Crippen LogP contribution in [0.2, 0.25) is 5.02 Å². The molecule has 4 aromatic carbocycles. The zero-order chi connectivity index (χ0) is 26.6. The SMILES string of the molecule is CCOc1cc(/C=C2/SC(=Nc3cccc(Cl)c3C)NC2=O)cc(Br)c1OCc1ccc2ccccc2c1. The van der Waals surface area contributed by atoms with Crippen molar-refractivity contribution in [1.29, 1.82) is 0 Å². The maximum atomic E-state index is 12.7. The molecule has 0 bridgehead atoms. The summed E-state index contributed by atoms with van der Waals surface area (Å²) in [6, 6.07) is 23.8. The van der Waals surface area contributed by atoms with Crippen molar-refractivity contribution in [2.75, 3.05) is 6.61 Å². The van der Waals surface area contributed by atoms with Crippen molar-refractivity contribution in [3.8, 4) is 11.5 Å². The molecule has 0 aromatic heterocycles. The number of carbonyl (C=O) groups excluding carboxylic acids is 1. The Morgan fingerprint density at radius 3 is 2.66 bits per heavy atom. The molecule has 5 nitrogen and oxygen atoms in total. The lowest BCUT2D eigenvalue weighted by atomic mass is 10.1. The molecule has 0 aliphatic carbocycles. The lowest BCUT2D eigenvalue weighted by molar-refractivity contribution is -0.115. The highest BCUT2D eigenvalue weighted by Crippen LogP contribution is 2.39. The Morgan fingerprint density at radius 2 is 1.84 bits per heavy atom. The lowest BCUT2D eigenvalue weighted by Gasteiger charge is -2.15. The van der Waals surface area contributed by atoms with Gasteiger partial charge in [-0.25, -0.2) is 4.99 Å². The fourth-order valence-corrected chi connectivity index (χ4v) is 5.60. The van der Waals surface area contributed by atoms with Crippen molar-refractivity contribution in [3.05, 3.63) is 104 Å². The van der Waals surface area contributed by atoms with Crippen LogP contribution in [-0.2, 0) is 11.4 Å². The molecule has 5 rings (SSSR count). The van der Waals surface area contributed by atoms with Crippen molar-refractivity contribution < 1.29 is 14.3 Å². The first kappa shape index (κ1) is 26.4. The Hall–Kier alpha value is -3.26. The Balaban J connectivity index is 1.37. The van der Waals surface area contributed by atoms with Crippen LogP contribution in [-0.4, -0.2) is 17.7 Å². The minimum Gasteiger partial charge on any atom is -0.490 e. The van der Waals surface area contributed by atoms with Gasteiger partial charge in [-0.2, -0.15) is 0 Å². The molecule has 38 heavy (non-hydrogen) atoms. The highest BCUT2D eigenvalue weighted by atomic mass is 79.9. The summed E-state index contributed by atoms with van der Waals surface area (Å²) in [5.41, 5.74) is 3.44. The van der Waals surface area contributed by atoms with E-state index in [0.29, 0.717) is 39.8 Å². The summed E-state index contributed by atoms with van der Waals surface area (Å²) in [5.74, 6) is 1.00. The van der Waals surface area contributed by atoms with E-state index in [0.717, 1.165) is 26.9 Å². The number of fused-ring (bicyclic) bond motifs is 1. The molecule has 1 fully saturated rings. The standard InChI is InChI=1S/C30H24BrClN2O3S/c1-3-36-26-15-20(16-27-29(35)34-30(38-27)33-25-10-6-9-24(32)18(25)2)14-23(31)28(26)37-17-19-11-12-21-7-4-5-8-22(21)13-19/h4-16H,3,17H2,1-2H3,(H,33,34,35)/b27-16+. The molecule has 1 saturated heterocycles. The van der Waals surface area contributed by atoms with E-state index in [9.17, 15) is 4.79 Å². The van der Waals surface area contributed by atoms with Crippen LogP contribution in [0.4, 0.5) is 5.69 Å². The first-order valence-corrected chi connectivity index (χ1v) is 14.0. The number of nitrogens with zero attached hydrogens (tertiary/aromatic N) is 1. The van der Waals surface area contributed by atoms with E-state index >= 15 is 0 Å². The second kappa shape index (κ2) is 11.6. The number of ether oxygens (including phenoxy) is 2. The number of aliphatic imine (C=N–C) groups is 1. The second-order valence-electron chi connectivity index (χ2n) is 8.60. The molecule has 8 heteroatoms. The predicted octanol–water partition coefficient (Wildman–Crippen LogP) is 8.43. The summed E-state index contributed by atoms with van der Waals surface area (Å²) in [5, 5.41) is 6.33. The number of benzene rings is 4. The molecule has 0 saturated carbocycles. The van der Waals surface area contributed by atoms with Gasteiger partial charge in [-0.1, -0.05) is 54.1 Å². The van der Waals surface area contributed by atoms with E-state index in [-0.39, 0.29) is 5.91 Å². The summed E-state index contributed by atoms with van der Waals surface area (Å²) < 4.78 is 12.8. The van der Waals surface area contributed by atoms with E-state index in [2.05, 4.69) is 56.6 Å². The molecule has 1 aliphatic heterocycles. The summed E-state index contributed by atoms with van der Waals surface area (Å²) in [6.45, 7) is 4.69. The van der Waals surface area contributed by atoms with E-state index in [1.54, 1.807) is 0 Å². The average molecular weight is 608 g/mol. The molecule has 0 unspecified atom stereocenters. The average Bonchev–Trinajstić information content (AvgIpc) is 3.24. The third-order valence-electron chi connectivity index (χ3n) is 5.94. The maximum absolute atomic E-state index is 12.7. The predicted molar refractivity (Wildman–Crippen MR) is 161 cm³/mol. The van der Waals surface area contributed by atoms with E-state index < -0.39 is 0 Å². The number of nitrogens with one attached hydrogen (secondary N) is 1. The third-order valence-corrected chi connectivity index (χ3v) is 7.85. The number of thioether (sulfide) groups is 1.